The minimum atomic E-state index is 0.277. The van der Waals surface area contributed by atoms with Crippen molar-refractivity contribution >= 4 is 22.9 Å². The van der Waals surface area contributed by atoms with Gasteiger partial charge in [0.2, 0.25) is 0 Å². The minimum absolute atomic E-state index is 0.277. The summed E-state index contributed by atoms with van der Waals surface area (Å²) in [5.74, 6) is 0. The van der Waals surface area contributed by atoms with Gasteiger partial charge in [-0.1, -0.05) is 48.2 Å². The van der Waals surface area contributed by atoms with Crippen molar-refractivity contribution in [3.05, 3.63) is 59.7 Å². The predicted octanol–water partition coefficient (Wildman–Crippen LogP) is 4.59. The summed E-state index contributed by atoms with van der Waals surface area (Å²) >= 11 is 1.89. The highest BCUT2D eigenvalue weighted by Crippen LogP contribution is 2.47. The van der Waals surface area contributed by atoms with Crippen molar-refractivity contribution in [2.45, 2.75) is 41.5 Å². The molecule has 0 aliphatic carbocycles. The second-order valence-corrected chi connectivity index (χ2v) is 7.61. The van der Waals surface area contributed by atoms with Crippen LogP contribution in [0.15, 0.2) is 58.3 Å². The molecule has 0 saturated carbocycles. The van der Waals surface area contributed by atoms with Gasteiger partial charge in [0.05, 0.1) is 0 Å². The van der Waals surface area contributed by atoms with E-state index in [1.54, 1.807) is 0 Å². The molecule has 2 aromatic carbocycles. The summed E-state index contributed by atoms with van der Waals surface area (Å²) in [5.41, 5.74) is 5.79. The van der Waals surface area contributed by atoms with Crippen LogP contribution in [0.3, 0.4) is 0 Å². The summed E-state index contributed by atoms with van der Waals surface area (Å²) in [6, 6.07) is 18.1. The monoisotopic (exact) mass is 337 g/mol. The Hall–Kier alpha value is -1.55. The van der Waals surface area contributed by atoms with Gasteiger partial charge in [0, 0.05) is 22.4 Å². The quantitative estimate of drug-likeness (QED) is 0.859. The fraction of sp³-hybridized carbons (Fsp3) is 0.333. The van der Waals surface area contributed by atoms with E-state index in [0.29, 0.717) is 6.04 Å². The average Bonchev–Trinajstić information content (AvgIpc) is 2.89. The molecule has 2 nitrogen and oxygen atoms in total. The Morgan fingerprint density at radius 2 is 1.62 bits per heavy atom. The highest BCUT2D eigenvalue weighted by atomic mass is 32.2. The number of benzene rings is 2. The van der Waals surface area contributed by atoms with Crippen LogP contribution in [0.4, 0.5) is 0 Å². The predicted molar refractivity (Wildman–Crippen MR) is 101 cm³/mol. The van der Waals surface area contributed by atoms with Crippen LogP contribution in [0.5, 0.6) is 0 Å². The van der Waals surface area contributed by atoms with Crippen molar-refractivity contribution in [2.75, 3.05) is 13.2 Å². The molecule has 0 amide bonds. The van der Waals surface area contributed by atoms with Crippen molar-refractivity contribution in [3.63, 3.8) is 0 Å². The van der Waals surface area contributed by atoms with E-state index in [1.807, 2.05) is 11.8 Å². The fourth-order valence-electron chi connectivity index (χ4n) is 3.83. The van der Waals surface area contributed by atoms with Gasteiger partial charge in [-0.25, -0.2) is 0 Å². The summed E-state index contributed by atoms with van der Waals surface area (Å²) in [5, 5.41) is 12.9. The third-order valence-corrected chi connectivity index (χ3v) is 6.13. The molecule has 4 rings (SSSR count). The SMILES string of the molecule is OCCCC1CC2=C(CCN1)c1ccccc1Sc1ccccc12. The van der Waals surface area contributed by atoms with Crippen molar-refractivity contribution in [1.29, 1.82) is 0 Å². The smallest absolute Gasteiger partial charge is 0.0431 e. The lowest BCUT2D eigenvalue weighted by atomic mass is 9.89. The molecule has 2 aliphatic rings. The Labute approximate surface area is 148 Å². The first-order chi connectivity index (χ1) is 11.9. The molecule has 0 fully saturated rings. The first-order valence-corrected chi connectivity index (χ1v) is 9.61. The van der Waals surface area contributed by atoms with E-state index in [9.17, 15) is 5.11 Å². The molecule has 124 valence electrons. The van der Waals surface area contributed by atoms with Gasteiger partial charge in [-0.3, -0.25) is 0 Å². The molecule has 2 heterocycles. The van der Waals surface area contributed by atoms with Crippen LogP contribution < -0.4 is 5.32 Å². The van der Waals surface area contributed by atoms with Crippen LogP contribution >= 0.6 is 11.8 Å². The maximum absolute atomic E-state index is 9.19. The largest absolute Gasteiger partial charge is 0.396 e. The molecule has 2 N–H and O–H groups in total. The minimum Gasteiger partial charge on any atom is -0.396 e. The molecule has 0 saturated heterocycles. The van der Waals surface area contributed by atoms with Gasteiger partial charge >= 0.3 is 0 Å². The summed E-state index contributed by atoms with van der Waals surface area (Å²) in [6.07, 6.45) is 4.01. The van der Waals surface area contributed by atoms with E-state index in [0.717, 1.165) is 32.2 Å². The normalized spacial score (nSPS) is 19.8. The highest BCUT2D eigenvalue weighted by molar-refractivity contribution is 7.99. The fourth-order valence-corrected chi connectivity index (χ4v) is 4.97. The van der Waals surface area contributed by atoms with Crippen LogP contribution in [-0.2, 0) is 0 Å². The Kier molecular flexibility index (Phi) is 4.74. The molecule has 1 unspecified atom stereocenters. The van der Waals surface area contributed by atoms with E-state index < -0.39 is 0 Å². The van der Waals surface area contributed by atoms with Gasteiger partial charge in [-0.15, -0.1) is 0 Å². The van der Waals surface area contributed by atoms with Crippen molar-refractivity contribution < 1.29 is 5.11 Å². The van der Waals surface area contributed by atoms with Crippen molar-refractivity contribution in [1.82, 2.24) is 5.32 Å². The van der Waals surface area contributed by atoms with Crippen LogP contribution in [-0.4, -0.2) is 24.3 Å². The molecular weight excluding hydrogens is 314 g/mol. The van der Waals surface area contributed by atoms with Crippen molar-refractivity contribution in [2.24, 2.45) is 0 Å². The lowest BCUT2D eigenvalue weighted by molar-refractivity contribution is 0.275. The lowest BCUT2D eigenvalue weighted by Crippen LogP contribution is -2.29. The average molecular weight is 337 g/mol. The Balaban J connectivity index is 1.83. The van der Waals surface area contributed by atoms with E-state index in [1.165, 1.54) is 32.1 Å². The third-order valence-electron chi connectivity index (χ3n) is 4.98. The van der Waals surface area contributed by atoms with Gasteiger partial charge in [0.25, 0.3) is 0 Å². The molecule has 0 radical (unpaired) electrons. The van der Waals surface area contributed by atoms with E-state index in [-0.39, 0.29) is 6.61 Å². The third kappa shape index (κ3) is 3.04. The van der Waals surface area contributed by atoms with Gasteiger partial charge in [0.15, 0.2) is 0 Å². The van der Waals surface area contributed by atoms with Crippen LogP contribution in [0.1, 0.15) is 36.8 Å². The number of hydrogen-bond acceptors (Lipinski definition) is 3. The molecule has 2 aromatic rings. The van der Waals surface area contributed by atoms with Crippen LogP contribution in [0, 0.1) is 0 Å². The van der Waals surface area contributed by atoms with Crippen LogP contribution in [0.2, 0.25) is 0 Å². The molecule has 0 spiro atoms. The molecule has 24 heavy (non-hydrogen) atoms. The summed E-state index contributed by atoms with van der Waals surface area (Å²) < 4.78 is 0. The summed E-state index contributed by atoms with van der Waals surface area (Å²) in [6.45, 7) is 1.29. The first-order valence-electron chi connectivity index (χ1n) is 8.80. The maximum Gasteiger partial charge on any atom is 0.0431 e. The molecule has 1 atom stereocenters. The van der Waals surface area contributed by atoms with E-state index >= 15 is 0 Å². The van der Waals surface area contributed by atoms with Crippen LogP contribution in [0.25, 0.3) is 11.1 Å². The standard InChI is InChI=1S/C21H23NOS/c23-13-5-6-15-14-19-16(11-12-22-15)17-7-1-3-9-20(17)24-21-10-4-2-8-18(19)21/h1-4,7-10,15,22-23H,5-6,11-14H2. The second-order valence-electron chi connectivity index (χ2n) is 6.52. The molecule has 0 aromatic heterocycles. The molecule has 2 aliphatic heterocycles. The Bertz CT molecular complexity index is 768. The topological polar surface area (TPSA) is 32.3 Å². The van der Waals surface area contributed by atoms with Gasteiger partial charge in [-0.2, -0.15) is 0 Å². The van der Waals surface area contributed by atoms with E-state index in [4.69, 9.17) is 0 Å². The van der Waals surface area contributed by atoms with E-state index in [2.05, 4.69) is 53.8 Å². The zero-order valence-electron chi connectivity index (χ0n) is 13.8. The lowest BCUT2D eigenvalue weighted by Gasteiger charge is -2.18. The zero-order chi connectivity index (χ0) is 16.4. The number of rotatable bonds is 3. The highest BCUT2D eigenvalue weighted by Gasteiger charge is 2.26. The van der Waals surface area contributed by atoms with Crippen molar-refractivity contribution in [3.8, 4) is 0 Å². The Morgan fingerprint density at radius 3 is 2.33 bits per heavy atom. The van der Waals surface area contributed by atoms with Gasteiger partial charge < -0.3 is 10.4 Å². The first kappa shape index (κ1) is 15.9. The molecular formula is C21H23NOS. The summed E-state index contributed by atoms with van der Waals surface area (Å²) in [7, 11) is 0. The number of nitrogens with one attached hydrogen (secondary N) is 1. The van der Waals surface area contributed by atoms with Gasteiger partial charge in [0.1, 0.15) is 0 Å². The molecule has 0 bridgehead atoms. The number of aliphatic hydroxyl groups is 1. The second kappa shape index (κ2) is 7.14. The summed E-state index contributed by atoms with van der Waals surface area (Å²) in [4.78, 5) is 2.72. The zero-order valence-corrected chi connectivity index (χ0v) is 14.6. The maximum atomic E-state index is 9.19. The number of fused-ring (bicyclic) bond motifs is 4. The number of aliphatic hydroxyl groups excluding tert-OH is 1. The Morgan fingerprint density at radius 1 is 0.958 bits per heavy atom. The molecule has 3 heteroatoms. The number of hydrogen-bond donors (Lipinski definition) is 2. The van der Waals surface area contributed by atoms with Gasteiger partial charge in [-0.05, 0) is 66.6 Å².